The second kappa shape index (κ2) is 6.01. The van der Waals surface area contributed by atoms with E-state index in [0.717, 1.165) is 18.5 Å². The van der Waals surface area contributed by atoms with Crippen LogP contribution in [-0.2, 0) is 6.54 Å². The summed E-state index contributed by atoms with van der Waals surface area (Å²) in [5.74, 6) is -0.374. The first-order valence-corrected chi connectivity index (χ1v) is 7.28. The highest BCUT2D eigenvalue weighted by atomic mass is 16.4. The Hall–Kier alpha value is -1.63. The Morgan fingerprint density at radius 1 is 1.29 bits per heavy atom. The number of hydrogen-bond acceptors (Lipinski definition) is 5. The van der Waals surface area contributed by atoms with E-state index in [0.29, 0.717) is 25.2 Å². The van der Waals surface area contributed by atoms with Crippen molar-refractivity contribution in [3.05, 3.63) is 34.8 Å². The molecule has 2 heterocycles. The Labute approximate surface area is 122 Å². The topological polar surface area (TPSA) is 78.8 Å². The van der Waals surface area contributed by atoms with Gasteiger partial charge in [0.15, 0.2) is 5.58 Å². The fraction of sp³-hybridized carbons (Fsp3) is 0.533. The molecule has 1 aromatic heterocycles. The van der Waals surface area contributed by atoms with Crippen molar-refractivity contribution >= 4 is 11.1 Å². The average Bonchev–Trinajstić information content (AvgIpc) is 2.81. The molecule has 0 amide bonds. The summed E-state index contributed by atoms with van der Waals surface area (Å²) < 4.78 is 6.83. The van der Waals surface area contributed by atoms with Crippen molar-refractivity contribution in [2.45, 2.75) is 19.1 Å². The van der Waals surface area contributed by atoms with Gasteiger partial charge in [-0.05, 0) is 25.1 Å². The van der Waals surface area contributed by atoms with Crippen LogP contribution in [0.3, 0.4) is 0 Å². The van der Waals surface area contributed by atoms with E-state index >= 15 is 0 Å². The van der Waals surface area contributed by atoms with Crippen LogP contribution in [0, 0.1) is 5.92 Å². The van der Waals surface area contributed by atoms with Gasteiger partial charge in [0.1, 0.15) is 0 Å². The van der Waals surface area contributed by atoms with Crippen LogP contribution in [-0.4, -0.2) is 52.0 Å². The third kappa shape index (κ3) is 2.88. The molecular weight excluding hydrogens is 272 g/mol. The highest BCUT2D eigenvalue weighted by Gasteiger charge is 2.26. The summed E-state index contributed by atoms with van der Waals surface area (Å²) in [4.78, 5) is 14.0. The SMILES string of the molecule is O=c1oc2ccccc2n1CCN1CC[C@H](CO)[C@H](O)C1. The molecule has 6 nitrogen and oxygen atoms in total. The molecule has 1 aliphatic rings. The van der Waals surface area contributed by atoms with Gasteiger partial charge in [0.2, 0.25) is 0 Å². The van der Waals surface area contributed by atoms with Crippen molar-refractivity contribution in [1.82, 2.24) is 9.47 Å². The Morgan fingerprint density at radius 2 is 2.10 bits per heavy atom. The molecule has 1 fully saturated rings. The fourth-order valence-electron chi connectivity index (χ4n) is 2.93. The van der Waals surface area contributed by atoms with Gasteiger partial charge in [0, 0.05) is 32.2 Å². The minimum atomic E-state index is -0.499. The molecule has 2 atom stereocenters. The van der Waals surface area contributed by atoms with Crippen LogP contribution in [0.25, 0.3) is 11.1 Å². The maximum atomic E-state index is 11.9. The number of β-amino-alcohol motifs (C(OH)–C–C–N with tert-alkyl or cyclic N) is 1. The number of aliphatic hydroxyl groups excluding tert-OH is 2. The zero-order valence-electron chi connectivity index (χ0n) is 11.8. The first kappa shape index (κ1) is 14.3. The number of rotatable bonds is 4. The van der Waals surface area contributed by atoms with Crippen LogP contribution in [0.1, 0.15) is 6.42 Å². The highest BCUT2D eigenvalue weighted by Crippen LogP contribution is 2.17. The normalized spacial score (nSPS) is 23.7. The van der Waals surface area contributed by atoms with Crippen molar-refractivity contribution in [2.24, 2.45) is 5.92 Å². The number of aliphatic hydroxyl groups is 2. The van der Waals surface area contributed by atoms with E-state index in [4.69, 9.17) is 9.52 Å². The molecule has 114 valence electrons. The zero-order valence-corrected chi connectivity index (χ0v) is 11.8. The van der Waals surface area contributed by atoms with E-state index in [1.54, 1.807) is 10.6 Å². The standard InChI is InChI=1S/C15H20N2O4/c18-10-11-5-6-16(9-13(11)19)7-8-17-12-3-1-2-4-14(12)21-15(17)20/h1-4,11,13,18-19H,5-10H2/t11-,13-/m1/s1. The molecule has 0 spiro atoms. The summed E-state index contributed by atoms with van der Waals surface area (Å²) in [6.07, 6.45) is 0.278. The molecule has 0 aliphatic carbocycles. The smallest absolute Gasteiger partial charge is 0.408 e. The van der Waals surface area contributed by atoms with Crippen molar-refractivity contribution in [3.8, 4) is 0 Å². The Kier molecular flexibility index (Phi) is 4.10. The van der Waals surface area contributed by atoms with Crippen molar-refractivity contribution in [3.63, 3.8) is 0 Å². The van der Waals surface area contributed by atoms with E-state index in [1.807, 2.05) is 18.2 Å². The van der Waals surface area contributed by atoms with E-state index in [2.05, 4.69) is 4.90 Å². The zero-order chi connectivity index (χ0) is 14.8. The van der Waals surface area contributed by atoms with Crippen molar-refractivity contribution < 1.29 is 14.6 Å². The van der Waals surface area contributed by atoms with Gasteiger partial charge < -0.3 is 14.6 Å². The summed E-state index contributed by atoms with van der Waals surface area (Å²) in [5, 5.41) is 19.1. The molecule has 1 aliphatic heterocycles. The van der Waals surface area contributed by atoms with Crippen LogP contribution < -0.4 is 5.76 Å². The molecule has 3 rings (SSSR count). The van der Waals surface area contributed by atoms with E-state index in [-0.39, 0.29) is 18.3 Å². The van der Waals surface area contributed by atoms with Gasteiger partial charge in [-0.15, -0.1) is 0 Å². The second-order valence-electron chi connectivity index (χ2n) is 5.59. The molecule has 0 saturated carbocycles. The Bertz CT molecular complexity index is 663. The van der Waals surface area contributed by atoms with E-state index in [9.17, 15) is 9.90 Å². The molecule has 6 heteroatoms. The largest absolute Gasteiger partial charge is 0.419 e. The maximum absolute atomic E-state index is 11.9. The summed E-state index contributed by atoms with van der Waals surface area (Å²) in [6, 6.07) is 7.37. The van der Waals surface area contributed by atoms with Crippen LogP contribution in [0.2, 0.25) is 0 Å². The number of oxazole rings is 1. The van der Waals surface area contributed by atoms with Crippen LogP contribution in [0.5, 0.6) is 0 Å². The van der Waals surface area contributed by atoms with Gasteiger partial charge in [-0.2, -0.15) is 0 Å². The molecule has 1 saturated heterocycles. The minimum Gasteiger partial charge on any atom is -0.408 e. The Balaban J connectivity index is 1.67. The fourth-order valence-corrected chi connectivity index (χ4v) is 2.93. The third-order valence-corrected chi connectivity index (χ3v) is 4.25. The quantitative estimate of drug-likeness (QED) is 0.845. The van der Waals surface area contributed by atoms with Crippen LogP contribution in [0.15, 0.2) is 33.5 Å². The first-order chi connectivity index (χ1) is 10.2. The van der Waals surface area contributed by atoms with Crippen LogP contribution >= 0.6 is 0 Å². The number of aromatic nitrogens is 1. The van der Waals surface area contributed by atoms with Crippen molar-refractivity contribution in [1.29, 1.82) is 0 Å². The summed E-state index contributed by atoms with van der Waals surface area (Å²) in [7, 11) is 0. The number of fused-ring (bicyclic) bond motifs is 1. The number of hydrogen-bond donors (Lipinski definition) is 2. The molecule has 0 radical (unpaired) electrons. The van der Waals surface area contributed by atoms with Gasteiger partial charge in [0.25, 0.3) is 0 Å². The van der Waals surface area contributed by atoms with Gasteiger partial charge in [0.05, 0.1) is 11.6 Å². The summed E-state index contributed by atoms with van der Waals surface area (Å²) in [5.41, 5.74) is 1.40. The lowest BCUT2D eigenvalue weighted by atomic mass is 9.95. The number of para-hydroxylation sites is 2. The molecule has 21 heavy (non-hydrogen) atoms. The van der Waals surface area contributed by atoms with Crippen LogP contribution in [0.4, 0.5) is 0 Å². The number of piperidine rings is 1. The third-order valence-electron chi connectivity index (χ3n) is 4.25. The Morgan fingerprint density at radius 3 is 2.86 bits per heavy atom. The number of benzene rings is 1. The number of nitrogens with zero attached hydrogens (tertiary/aromatic N) is 2. The van der Waals surface area contributed by atoms with Gasteiger partial charge in [-0.3, -0.25) is 9.47 Å². The lowest BCUT2D eigenvalue weighted by molar-refractivity contribution is -0.00271. The minimum absolute atomic E-state index is 0.0286. The second-order valence-corrected chi connectivity index (χ2v) is 5.59. The predicted octanol–water partition coefficient (Wildman–Crippen LogP) is 0.270. The van der Waals surface area contributed by atoms with E-state index < -0.39 is 6.10 Å². The molecule has 2 aromatic rings. The lowest BCUT2D eigenvalue weighted by Gasteiger charge is -2.35. The molecule has 1 aromatic carbocycles. The molecule has 2 N–H and O–H groups in total. The molecule has 0 unspecified atom stereocenters. The predicted molar refractivity (Wildman–Crippen MR) is 78.1 cm³/mol. The number of likely N-dealkylation sites (tertiary alicyclic amines) is 1. The molecular formula is C15H20N2O4. The summed E-state index contributed by atoms with van der Waals surface area (Å²) >= 11 is 0. The maximum Gasteiger partial charge on any atom is 0.419 e. The van der Waals surface area contributed by atoms with Gasteiger partial charge >= 0.3 is 5.76 Å². The molecule has 0 bridgehead atoms. The highest BCUT2D eigenvalue weighted by molar-refractivity contribution is 5.72. The van der Waals surface area contributed by atoms with E-state index in [1.165, 1.54) is 0 Å². The summed E-state index contributed by atoms with van der Waals surface area (Å²) in [6.45, 7) is 2.61. The monoisotopic (exact) mass is 292 g/mol. The lowest BCUT2D eigenvalue weighted by Crippen LogP contribution is -2.46. The first-order valence-electron chi connectivity index (χ1n) is 7.28. The van der Waals surface area contributed by atoms with Crippen molar-refractivity contribution in [2.75, 3.05) is 26.2 Å². The average molecular weight is 292 g/mol. The van der Waals surface area contributed by atoms with Gasteiger partial charge in [-0.1, -0.05) is 12.1 Å². The van der Waals surface area contributed by atoms with Gasteiger partial charge in [-0.25, -0.2) is 4.79 Å².